The number of hydrogen-bond donors (Lipinski definition) is 3. The molecule has 0 saturated heterocycles. The van der Waals surface area contributed by atoms with E-state index in [2.05, 4.69) is 28.6 Å². The molecule has 0 aliphatic carbocycles. The zero-order chi connectivity index (χ0) is 14.0. The SMILES string of the molecule is Cc1cc(C)c2c(c1N=NN(C)N)C(N)CCCN2. The lowest BCUT2D eigenvalue weighted by atomic mass is 9.95. The van der Waals surface area contributed by atoms with Gasteiger partial charge in [-0.3, -0.25) is 0 Å². The maximum Gasteiger partial charge on any atom is 0.0972 e. The van der Waals surface area contributed by atoms with E-state index in [4.69, 9.17) is 11.6 Å². The van der Waals surface area contributed by atoms with Crippen LogP contribution in [0.2, 0.25) is 0 Å². The first-order chi connectivity index (χ1) is 9.00. The Balaban J connectivity index is 2.59. The molecule has 0 saturated carbocycles. The van der Waals surface area contributed by atoms with Crippen molar-refractivity contribution in [2.75, 3.05) is 18.9 Å². The van der Waals surface area contributed by atoms with Gasteiger partial charge in [-0.25, -0.2) is 11.0 Å². The number of benzene rings is 1. The Morgan fingerprint density at radius 1 is 1.37 bits per heavy atom. The molecule has 0 spiro atoms. The van der Waals surface area contributed by atoms with Crippen LogP contribution in [0, 0.1) is 13.8 Å². The third kappa shape index (κ3) is 2.85. The van der Waals surface area contributed by atoms with Gasteiger partial charge in [-0.15, -0.1) is 5.11 Å². The Morgan fingerprint density at radius 3 is 2.79 bits per heavy atom. The summed E-state index contributed by atoms with van der Waals surface area (Å²) in [5.74, 6) is 5.49. The summed E-state index contributed by atoms with van der Waals surface area (Å²) in [6.07, 6.45) is 2.01. The van der Waals surface area contributed by atoms with Crippen molar-refractivity contribution in [1.82, 2.24) is 5.12 Å². The van der Waals surface area contributed by atoms with Gasteiger partial charge in [-0.1, -0.05) is 11.3 Å². The second kappa shape index (κ2) is 5.54. The topological polar surface area (TPSA) is 92.0 Å². The molecular formula is C13H22N6. The molecule has 0 aromatic heterocycles. The van der Waals surface area contributed by atoms with E-state index in [9.17, 15) is 0 Å². The van der Waals surface area contributed by atoms with Gasteiger partial charge < -0.3 is 11.1 Å². The van der Waals surface area contributed by atoms with Crippen LogP contribution in [-0.2, 0) is 0 Å². The van der Waals surface area contributed by atoms with Crippen molar-refractivity contribution in [3.8, 4) is 0 Å². The maximum absolute atomic E-state index is 6.30. The summed E-state index contributed by atoms with van der Waals surface area (Å²) < 4.78 is 0. The van der Waals surface area contributed by atoms with Gasteiger partial charge in [0.15, 0.2) is 0 Å². The minimum Gasteiger partial charge on any atom is -0.384 e. The first kappa shape index (κ1) is 13.8. The van der Waals surface area contributed by atoms with Crippen LogP contribution < -0.4 is 16.9 Å². The van der Waals surface area contributed by atoms with Gasteiger partial charge in [0, 0.05) is 30.9 Å². The van der Waals surface area contributed by atoms with Gasteiger partial charge in [0.25, 0.3) is 0 Å². The summed E-state index contributed by atoms with van der Waals surface area (Å²) >= 11 is 0. The van der Waals surface area contributed by atoms with Crippen LogP contribution in [0.3, 0.4) is 0 Å². The van der Waals surface area contributed by atoms with Crippen LogP contribution in [0.25, 0.3) is 0 Å². The van der Waals surface area contributed by atoms with Crippen molar-refractivity contribution in [2.24, 2.45) is 21.9 Å². The Kier molecular flexibility index (Phi) is 4.01. The first-order valence-corrected chi connectivity index (χ1v) is 6.54. The van der Waals surface area contributed by atoms with Crippen molar-refractivity contribution >= 4 is 11.4 Å². The van der Waals surface area contributed by atoms with Crippen LogP contribution in [0.5, 0.6) is 0 Å². The number of hydrogen-bond acceptors (Lipinski definition) is 5. The average Bonchev–Trinajstić information content (AvgIpc) is 2.52. The highest BCUT2D eigenvalue weighted by atomic mass is 15.7. The first-order valence-electron chi connectivity index (χ1n) is 6.54. The predicted octanol–water partition coefficient (Wildman–Crippen LogP) is 2.31. The fourth-order valence-corrected chi connectivity index (χ4v) is 2.53. The average molecular weight is 262 g/mol. The molecule has 19 heavy (non-hydrogen) atoms. The molecule has 104 valence electrons. The molecule has 6 nitrogen and oxygen atoms in total. The van der Waals surface area contributed by atoms with Crippen LogP contribution in [0.4, 0.5) is 11.4 Å². The van der Waals surface area contributed by atoms with Crippen LogP contribution in [-0.4, -0.2) is 18.7 Å². The number of hydrazine groups is 1. The van der Waals surface area contributed by atoms with Crippen molar-refractivity contribution in [2.45, 2.75) is 32.7 Å². The zero-order valence-corrected chi connectivity index (χ0v) is 11.8. The summed E-state index contributed by atoms with van der Waals surface area (Å²) in [5, 5.41) is 12.8. The van der Waals surface area contributed by atoms with Crippen LogP contribution in [0.1, 0.15) is 35.6 Å². The largest absolute Gasteiger partial charge is 0.384 e. The van der Waals surface area contributed by atoms with E-state index in [0.717, 1.165) is 41.9 Å². The fourth-order valence-electron chi connectivity index (χ4n) is 2.53. The highest BCUT2D eigenvalue weighted by molar-refractivity contribution is 5.71. The summed E-state index contributed by atoms with van der Waals surface area (Å²) in [6, 6.07) is 2.09. The number of nitrogens with one attached hydrogen (secondary N) is 1. The van der Waals surface area contributed by atoms with E-state index < -0.39 is 0 Å². The van der Waals surface area contributed by atoms with Crippen molar-refractivity contribution in [3.05, 3.63) is 22.8 Å². The van der Waals surface area contributed by atoms with Crippen LogP contribution >= 0.6 is 0 Å². The Hall–Kier alpha value is -1.66. The molecule has 6 heteroatoms. The molecule has 0 radical (unpaired) electrons. The third-order valence-corrected chi connectivity index (χ3v) is 3.38. The molecule has 1 unspecified atom stereocenters. The molecule has 0 amide bonds. The summed E-state index contributed by atoms with van der Waals surface area (Å²) in [4.78, 5) is 0. The monoisotopic (exact) mass is 262 g/mol. The second-order valence-electron chi connectivity index (χ2n) is 5.09. The molecule has 1 aromatic carbocycles. The minimum absolute atomic E-state index is 0.0133. The van der Waals surface area contributed by atoms with E-state index in [1.807, 2.05) is 6.92 Å². The molecule has 0 fully saturated rings. The highest BCUT2D eigenvalue weighted by Gasteiger charge is 2.22. The van der Waals surface area contributed by atoms with E-state index >= 15 is 0 Å². The smallest absolute Gasteiger partial charge is 0.0972 e. The van der Waals surface area contributed by atoms with Gasteiger partial charge in [0.1, 0.15) is 0 Å². The standard InChI is InChI=1S/C13H22N6/c1-8-7-9(2)13(17-18-19(3)15)11-10(14)5-4-6-16-12(8)11/h7,10,16H,4-6,14-15H2,1-3H3. The van der Waals surface area contributed by atoms with Gasteiger partial charge in [0.05, 0.1) is 5.69 Å². The number of nitrogens with two attached hydrogens (primary N) is 2. The zero-order valence-electron chi connectivity index (χ0n) is 11.8. The molecular weight excluding hydrogens is 240 g/mol. The van der Waals surface area contributed by atoms with Crippen LogP contribution in [0.15, 0.2) is 16.4 Å². The number of aryl methyl sites for hydroxylation is 2. The van der Waals surface area contributed by atoms with Crippen molar-refractivity contribution in [1.29, 1.82) is 0 Å². The van der Waals surface area contributed by atoms with E-state index in [0.29, 0.717) is 0 Å². The van der Waals surface area contributed by atoms with Crippen molar-refractivity contribution in [3.63, 3.8) is 0 Å². The lowest BCUT2D eigenvalue weighted by Crippen LogP contribution is -2.18. The Labute approximate surface area is 113 Å². The molecule has 0 bridgehead atoms. The Morgan fingerprint density at radius 2 is 2.11 bits per heavy atom. The predicted molar refractivity (Wildman–Crippen MR) is 77.0 cm³/mol. The van der Waals surface area contributed by atoms with Gasteiger partial charge in [-0.2, -0.15) is 0 Å². The lowest BCUT2D eigenvalue weighted by molar-refractivity contribution is 0.347. The molecule has 1 atom stereocenters. The molecule has 5 N–H and O–H groups in total. The van der Waals surface area contributed by atoms with E-state index in [1.165, 1.54) is 10.7 Å². The van der Waals surface area contributed by atoms with Crippen molar-refractivity contribution < 1.29 is 0 Å². The molecule has 1 aliphatic heterocycles. The van der Waals surface area contributed by atoms with E-state index in [-0.39, 0.29) is 6.04 Å². The number of nitrogens with zero attached hydrogens (tertiary/aromatic N) is 3. The fraction of sp³-hybridized carbons (Fsp3) is 0.538. The lowest BCUT2D eigenvalue weighted by Gasteiger charge is -2.19. The van der Waals surface area contributed by atoms with Gasteiger partial charge in [0.2, 0.25) is 0 Å². The maximum atomic E-state index is 6.30. The van der Waals surface area contributed by atoms with Gasteiger partial charge >= 0.3 is 0 Å². The number of anilines is 1. The second-order valence-corrected chi connectivity index (χ2v) is 5.09. The molecule has 1 aromatic rings. The van der Waals surface area contributed by atoms with E-state index in [1.54, 1.807) is 7.05 Å². The van der Waals surface area contributed by atoms with Gasteiger partial charge in [-0.05, 0) is 37.8 Å². The molecule has 1 heterocycles. The Bertz CT molecular complexity index is 494. The summed E-state index contributed by atoms with van der Waals surface area (Å²) in [5.41, 5.74) is 11.6. The number of fused-ring (bicyclic) bond motifs is 1. The summed E-state index contributed by atoms with van der Waals surface area (Å²) in [7, 11) is 1.64. The molecule has 2 rings (SSSR count). The minimum atomic E-state index is -0.0133. The normalized spacial score (nSPS) is 18.9. The quantitative estimate of drug-likeness (QED) is 0.433. The third-order valence-electron chi connectivity index (χ3n) is 3.38. The molecule has 1 aliphatic rings. The number of rotatable bonds is 2. The summed E-state index contributed by atoms with van der Waals surface area (Å²) in [6.45, 7) is 5.06. The highest BCUT2D eigenvalue weighted by Crippen LogP contribution is 2.40.